The van der Waals surface area contributed by atoms with Gasteiger partial charge in [-0.2, -0.15) is 0 Å². The maximum atomic E-state index is 11.0. The second kappa shape index (κ2) is 4.38. The van der Waals surface area contributed by atoms with Crippen LogP contribution in [-0.4, -0.2) is 22.2 Å². The molecule has 20 heavy (non-hydrogen) atoms. The van der Waals surface area contributed by atoms with E-state index >= 15 is 0 Å². The molecular formula is C15H10O5. The molecule has 0 saturated heterocycles. The average molecular weight is 270 g/mol. The molecule has 1 aliphatic heterocycles. The largest absolute Gasteiger partial charge is 0.488 e. The number of carbonyl (C=O) groups is 2. The van der Waals surface area contributed by atoms with Gasteiger partial charge in [0.25, 0.3) is 0 Å². The van der Waals surface area contributed by atoms with Crippen molar-refractivity contribution in [1.29, 1.82) is 0 Å². The molecule has 1 heterocycles. The fourth-order valence-electron chi connectivity index (χ4n) is 2.24. The van der Waals surface area contributed by atoms with Crippen molar-refractivity contribution in [3.8, 4) is 16.9 Å². The van der Waals surface area contributed by atoms with Gasteiger partial charge in [-0.05, 0) is 41.5 Å². The third-order valence-electron chi connectivity index (χ3n) is 3.26. The number of carboxylic acids is 2. The van der Waals surface area contributed by atoms with E-state index in [1.807, 2.05) is 0 Å². The molecule has 0 atom stereocenters. The van der Waals surface area contributed by atoms with E-state index < -0.39 is 11.9 Å². The zero-order chi connectivity index (χ0) is 14.3. The molecule has 1 aliphatic rings. The minimum atomic E-state index is -1.03. The molecule has 2 N–H and O–H groups in total. The number of aromatic carboxylic acids is 2. The van der Waals surface area contributed by atoms with Crippen molar-refractivity contribution in [3.05, 3.63) is 53.1 Å². The third-order valence-corrected chi connectivity index (χ3v) is 3.26. The first-order valence-electron chi connectivity index (χ1n) is 5.93. The Morgan fingerprint density at radius 3 is 2.15 bits per heavy atom. The third kappa shape index (κ3) is 1.89. The standard InChI is InChI=1S/C15H10O5/c16-14(17)8-1-2-10-7-20-13-4-3-9(15(18)19)6-12(13)11(10)5-8/h1-6H,7H2,(H,16,17)(H,18,19). The fraction of sp³-hybridized carbons (Fsp3) is 0.0667. The van der Waals surface area contributed by atoms with E-state index in [1.165, 1.54) is 18.2 Å². The average Bonchev–Trinajstić information content (AvgIpc) is 2.45. The second-order valence-corrected chi connectivity index (χ2v) is 4.48. The monoisotopic (exact) mass is 270 g/mol. The van der Waals surface area contributed by atoms with Gasteiger partial charge in [-0.15, -0.1) is 0 Å². The van der Waals surface area contributed by atoms with Gasteiger partial charge in [0.15, 0.2) is 0 Å². The van der Waals surface area contributed by atoms with E-state index in [0.717, 1.165) is 5.56 Å². The molecule has 2 aromatic rings. The van der Waals surface area contributed by atoms with Crippen molar-refractivity contribution in [2.75, 3.05) is 0 Å². The summed E-state index contributed by atoms with van der Waals surface area (Å²) in [5.74, 6) is -1.49. The van der Waals surface area contributed by atoms with E-state index in [0.29, 0.717) is 23.5 Å². The van der Waals surface area contributed by atoms with Gasteiger partial charge in [0.1, 0.15) is 12.4 Å². The first-order valence-corrected chi connectivity index (χ1v) is 5.93. The molecule has 3 rings (SSSR count). The van der Waals surface area contributed by atoms with Gasteiger partial charge in [0.05, 0.1) is 11.1 Å². The Labute approximate surface area is 114 Å². The summed E-state index contributed by atoms with van der Waals surface area (Å²) in [5, 5.41) is 18.1. The number of fused-ring (bicyclic) bond motifs is 3. The quantitative estimate of drug-likeness (QED) is 0.876. The smallest absolute Gasteiger partial charge is 0.335 e. The summed E-state index contributed by atoms with van der Waals surface area (Å²) in [6.45, 7) is 0.342. The van der Waals surface area contributed by atoms with E-state index in [9.17, 15) is 9.59 Å². The topological polar surface area (TPSA) is 83.8 Å². The SMILES string of the molecule is O=C(O)c1ccc2c(c1)-c1cc(C(=O)O)ccc1OC2. The predicted octanol–water partition coefficient (Wildman–Crippen LogP) is 2.64. The van der Waals surface area contributed by atoms with Crippen LogP contribution in [0.25, 0.3) is 11.1 Å². The lowest BCUT2D eigenvalue weighted by molar-refractivity contribution is 0.0685. The highest BCUT2D eigenvalue weighted by atomic mass is 16.5. The van der Waals surface area contributed by atoms with Gasteiger partial charge < -0.3 is 14.9 Å². The van der Waals surface area contributed by atoms with Gasteiger partial charge in [-0.1, -0.05) is 6.07 Å². The predicted molar refractivity (Wildman–Crippen MR) is 70.1 cm³/mol. The van der Waals surface area contributed by atoms with Crippen molar-refractivity contribution in [2.24, 2.45) is 0 Å². The minimum Gasteiger partial charge on any atom is -0.488 e. The van der Waals surface area contributed by atoms with Crippen LogP contribution in [-0.2, 0) is 6.61 Å². The highest BCUT2D eigenvalue weighted by molar-refractivity contribution is 5.93. The zero-order valence-electron chi connectivity index (χ0n) is 10.3. The first kappa shape index (κ1) is 12.2. The normalized spacial score (nSPS) is 12.0. The summed E-state index contributed by atoms with van der Waals surface area (Å²) in [7, 11) is 0. The lowest BCUT2D eigenvalue weighted by Gasteiger charge is -2.21. The van der Waals surface area contributed by atoms with Crippen LogP contribution in [0, 0.1) is 0 Å². The number of rotatable bonds is 2. The van der Waals surface area contributed by atoms with Crippen LogP contribution in [0.2, 0.25) is 0 Å². The van der Waals surface area contributed by atoms with Gasteiger partial charge in [-0.3, -0.25) is 0 Å². The van der Waals surface area contributed by atoms with Gasteiger partial charge in [-0.25, -0.2) is 9.59 Å². The summed E-state index contributed by atoms with van der Waals surface area (Å²) in [6.07, 6.45) is 0. The summed E-state index contributed by atoms with van der Waals surface area (Å²) in [4.78, 5) is 22.1. The van der Waals surface area contributed by atoms with Gasteiger partial charge in [0.2, 0.25) is 0 Å². The lowest BCUT2D eigenvalue weighted by atomic mass is 9.93. The summed E-state index contributed by atoms with van der Waals surface area (Å²) in [5.41, 5.74) is 2.45. The van der Waals surface area contributed by atoms with Crippen molar-refractivity contribution >= 4 is 11.9 Å². The maximum absolute atomic E-state index is 11.0. The van der Waals surface area contributed by atoms with Crippen molar-refractivity contribution in [1.82, 2.24) is 0 Å². The molecule has 0 radical (unpaired) electrons. The Bertz CT molecular complexity index is 670. The highest BCUT2D eigenvalue weighted by Crippen LogP contribution is 2.38. The molecule has 0 amide bonds. The molecule has 0 bridgehead atoms. The minimum absolute atomic E-state index is 0.140. The highest BCUT2D eigenvalue weighted by Gasteiger charge is 2.20. The molecule has 0 saturated carbocycles. The molecule has 5 heteroatoms. The van der Waals surface area contributed by atoms with Crippen LogP contribution in [0.3, 0.4) is 0 Å². The molecule has 2 aromatic carbocycles. The number of benzene rings is 2. The summed E-state index contributed by atoms with van der Waals surface area (Å²) >= 11 is 0. The Kier molecular flexibility index (Phi) is 2.68. The van der Waals surface area contributed by atoms with E-state index in [4.69, 9.17) is 14.9 Å². The van der Waals surface area contributed by atoms with Crippen LogP contribution in [0.4, 0.5) is 0 Å². The lowest BCUT2D eigenvalue weighted by Crippen LogP contribution is -2.08. The van der Waals surface area contributed by atoms with Gasteiger partial charge in [0, 0.05) is 5.56 Å². The van der Waals surface area contributed by atoms with Crippen LogP contribution in [0.1, 0.15) is 26.3 Å². The fourth-order valence-corrected chi connectivity index (χ4v) is 2.24. The Hall–Kier alpha value is -2.82. The van der Waals surface area contributed by atoms with Crippen molar-refractivity contribution in [2.45, 2.75) is 6.61 Å². The number of hydrogen-bond acceptors (Lipinski definition) is 3. The molecule has 0 spiro atoms. The van der Waals surface area contributed by atoms with E-state index in [1.54, 1.807) is 18.2 Å². The molecular weight excluding hydrogens is 260 g/mol. The van der Waals surface area contributed by atoms with Crippen LogP contribution in [0.15, 0.2) is 36.4 Å². The first-order chi connectivity index (χ1) is 9.56. The Morgan fingerprint density at radius 1 is 0.900 bits per heavy atom. The maximum Gasteiger partial charge on any atom is 0.335 e. The summed E-state index contributed by atoms with van der Waals surface area (Å²) < 4.78 is 5.54. The molecule has 0 fully saturated rings. The second-order valence-electron chi connectivity index (χ2n) is 4.48. The van der Waals surface area contributed by atoms with Crippen LogP contribution >= 0.6 is 0 Å². The van der Waals surface area contributed by atoms with Crippen molar-refractivity contribution in [3.63, 3.8) is 0 Å². The molecule has 5 nitrogen and oxygen atoms in total. The molecule has 0 aromatic heterocycles. The Morgan fingerprint density at radius 2 is 1.50 bits per heavy atom. The van der Waals surface area contributed by atoms with E-state index in [-0.39, 0.29) is 11.1 Å². The van der Waals surface area contributed by atoms with Crippen LogP contribution < -0.4 is 4.74 Å². The Balaban J connectivity index is 2.21. The molecule has 100 valence electrons. The zero-order valence-corrected chi connectivity index (χ0v) is 10.3. The van der Waals surface area contributed by atoms with E-state index in [2.05, 4.69) is 0 Å². The number of hydrogen-bond donors (Lipinski definition) is 2. The number of ether oxygens (including phenoxy) is 1. The van der Waals surface area contributed by atoms with Crippen LogP contribution in [0.5, 0.6) is 5.75 Å². The van der Waals surface area contributed by atoms with Crippen molar-refractivity contribution < 1.29 is 24.5 Å². The molecule has 0 aliphatic carbocycles. The van der Waals surface area contributed by atoms with Gasteiger partial charge >= 0.3 is 11.9 Å². The molecule has 0 unspecified atom stereocenters. The summed E-state index contributed by atoms with van der Waals surface area (Å²) in [6, 6.07) is 9.31. The number of carboxylic acid groups (broad SMARTS) is 2.